The van der Waals surface area contributed by atoms with Crippen molar-refractivity contribution in [1.82, 2.24) is 42.2 Å². The summed E-state index contributed by atoms with van der Waals surface area (Å²) in [6.45, 7) is 1.28. The van der Waals surface area contributed by atoms with Crippen LogP contribution in [-0.2, 0) is 78.4 Å². The van der Waals surface area contributed by atoms with Crippen molar-refractivity contribution >= 4 is 76.1 Å². The van der Waals surface area contributed by atoms with E-state index < -0.39 is 146 Å². The predicted octanol–water partition coefficient (Wildman–Crippen LogP) is -0.511. The fourth-order valence-corrected chi connectivity index (χ4v) is 8.16. The van der Waals surface area contributed by atoms with Crippen molar-refractivity contribution in [3.8, 4) is 11.5 Å². The van der Waals surface area contributed by atoms with Crippen molar-refractivity contribution in [3.05, 3.63) is 132 Å². The van der Waals surface area contributed by atoms with Crippen molar-refractivity contribution in [1.29, 1.82) is 0 Å². The van der Waals surface area contributed by atoms with Crippen molar-refractivity contribution in [2.24, 2.45) is 5.73 Å². The predicted molar refractivity (Wildman–Crippen MR) is 282 cm³/mol. The summed E-state index contributed by atoms with van der Waals surface area (Å²) in [6.07, 6.45) is -2.70. The maximum absolute atomic E-state index is 14.7. The normalized spacial score (nSPS) is 14.0. The number of phenols is 2. The number of carboxylic acids is 4. The van der Waals surface area contributed by atoms with E-state index in [1.807, 2.05) is 0 Å². The van der Waals surface area contributed by atoms with Gasteiger partial charge in [-0.05, 0) is 65.9 Å². The number of rotatable bonds is 30. The van der Waals surface area contributed by atoms with Gasteiger partial charge >= 0.3 is 23.9 Å². The lowest BCUT2D eigenvalue weighted by atomic mass is 10.0. The Kier molecular flexibility index (Phi) is 22.2. The molecule has 8 atom stereocenters. The average Bonchev–Trinajstić information content (AvgIpc) is 3.83. The number of carbonyl (C=O) groups excluding carboxylic acids is 7. The lowest BCUT2D eigenvalue weighted by Gasteiger charge is -2.27. The largest absolute Gasteiger partial charge is 0.508 e. The van der Waals surface area contributed by atoms with E-state index in [9.17, 15) is 78.3 Å². The zero-order valence-corrected chi connectivity index (χ0v) is 42.9. The van der Waals surface area contributed by atoms with Crippen LogP contribution in [0.5, 0.6) is 11.5 Å². The van der Waals surface area contributed by atoms with Gasteiger partial charge in [-0.2, -0.15) is 0 Å². The first-order chi connectivity index (χ1) is 37.9. The number of aromatic nitrogens is 1. The van der Waals surface area contributed by atoms with Crippen LogP contribution in [0.2, 0.25) is 0 Å². The quantitative estimate of drug-likeness (QED) is 0.0275. The number of H-pyrrole nitrogens is 1. The SMILES string of the molecule is C[C@H](NC(=O)[C@H](Cc1ccccc1)NC(=O)[C@H](Cc1c[nH]c2ccccc12)NC(=O)[C@H](CC(=O)O)NC(=O)[C@H](Cc1ccc(O)cc1)NC(=O)[C@H](CC(=O)O)NC(=O)[C@@H](N)CCC(=O)O)C(=O)N[C@@H](Cc1ccc(O)cc1)C(=O)O. The molecule has 26 heteroatoms. The molecule has 0 saturated heterocycles. The summed E-state index contributed by atoms with van der Waals surface area (Å²) in [5, 5.41) is 75.5. The first-order valence-electron chi connectivity index (χ1n) is 24.9. The van der Waals surface area contributed by atoms with Crippen molar-refractivity contribution in [2.75, 3.05) is 0 Å². The Balaban J connectivity index is 1.42. The van der Waals surface area contributed by atoms with Crippen molar-refractivity contribution in [3.63, 3.8) is 0 Å². The van der Waals surface area contributed by atoms with Gasteiger partial charge in [-0.15, -0.1) is 0 Å². The second kappa shape index (κ2) is 29.0. The number of nitrogens with two attached hydrogens (primary N) is 1. The van der Waals surface area contributed by atoms with Gasteiger partial charge < -0.3 is 78.6 Å². The second-order valence-corrected chi connectivity index (χ2v) is 18.7. The number of benzene rings is 4. The number of aromatic hydroxyl groups is 2. The molecule has 0 spiro atoms. The summed E-state index contributed by atoms with van der Waals surface area (Å²) >= 11 is 0. The van der Waals surface area contributed by atoms with Crippen LogP contribution >= 0.6 is 0 Å². The number of aromatic amines is 1. The summed E-state index contributed by atoms with van der Waals surface area (Å²) in [4.78, 5) is 148. The van der Waals surface area contributed by atoms with Gasteiger partial charge in [-0.1, -0.05) is 72.8 Å². The molecule has 424 valence electrons. The second-order valence-electron chi connectivity index (χ2n) is 18.7. The Morgan fingerprint density at radius 2 is 0.850 bits per heavy atom. The van der Waals surface area contributed by atoms with Crippen LogP contribution in [0.15, 0.2) is 109 Å². The number of amides is 7. The van der Waals surface area contributed by atoms with Crippen LogP contribution in [-0.4, -0.2) is 149 Å². The number of para-hydroxylation sites is 1. The number of phenolic OH excluding ortho intramolecular Hbond substituents is 2. The smallest absolute Gasteiger partial charge is 0.326 e. The number of carbonyl (C=O) groups is 11. The lowest BCUT2D eigenvalue weighted by molar-refractivity contribution is -0.142. The van der Waals surface area contributed by atoms with Crippen LogP contribution < -0.4 is 43.0 Å². The van der Waals surface area contributed by atoms with Gasteiger partial charge in [0.25, 0.3) is 0 Å². The van der Waals surface area contributed by atoms with E-state index in [0.29, 0.717) is 27.6 Å². The van der Waals surface area contributed by atoms with Gasteiger partial charge in [0.1, 0.15) is 53.8 Å². The number of hydrogen-bond acceptors (Lipinski definition) is 14. The van der Waals surface area contributed by atoms with E-state index in [-0.39, 0.29) is 36.3 Å². The van der Waals surface area contributed by atoms with Gasteiger partial charge in [0.15, 0.2) is 0 Å². The number of aliphatic carboxylic acids is 4. The monoisotopic (exact) mass is 1110 g/mol. The summed E-state index contributed by atoms with van der Waals surface area (Å²) in [5.74, 6) is -13.8. The molecule has 0 saturated carbocycles. The van der Waals surface area contributed by atoms with E-state index in [0.717, 1.165) is 0 Å². The number of hydrogen-bond donors (Lipinski definition) is 15. The first-order valence-corrected chi connectivity index (χ1v) is 24.9. The highest BCUT2D eigenvalue weighted by atomic mass is 16.4. The third kappa shape index (κ3) is 19.0. The van der Waals surface area contributed by atoms with Gasteiger partial charge in [0.05, 0.1) is 18.9 Å². The molecule has 0 aliphatic rings. The number of nitrogens with one attached hydrogen (secondary N) is 8. The lowest BCUT2D eigenvalue weighted by Crippen LogP contribution is -2.61. The molecule has 1 heterocycles. The molecule has 0 fully saturated rings. The molecule has 7 amide bonds. The Morgan fingerprint density at radius 1 is 0.450 bits per heavy atom. The molecule has 5 aromatic rings. The van der Waals surface area contributed by atoms with Crippen molar-refractivity contribution < 1.29 is 83.4 Å². The Bertz CT molecular complexity index is 3040. The van der Waals surface area contributed by atoms with Gasteiger partial charge in [0, 0.05) is 49.2 Å². The van der Waals surface area contributed by atoms with E-state index in [4.69, 9.17) is 10.8 Å². The molecule has 0 radical (unpaired) electrons. The fraction of sp³-hybridized carbons (Fsp3) is 0.315. The zero-order chi connectivity index (χ0) is 58.6. The van der Waals surface area contributed by atoms with Crippen LogP contribution in [0.1, 0.15) is 54.9 Å². The summed E-state index contributed by atoms with van der Waals surface area (Å²) < 4.78 is 0. The van der Waals surface area contributed by atoms with Crippen LogP contribution in [0, 0.1) is 0 Å². The highest BCUT2D eigenvalue weighted by Gasteiger charge is 2.36. The highest BCUT2D eigenvalue weighted by Crippen LogP contribution is 2.20. The van der Waals surface area contributed by atoms with Gasteiger partial charge in [-0.25, -0.2) is 4.79 Å². The van der Waals surface area contributed by atoms with Crippen molar-refractivity contribution in [2.45, 2.75) is 107 Å². The van der Waals surface area contributed by atoms with Gasteiger partial charge in [0.2, 0.25) is 41.4 Å². The molecule has 80 heavy (non-hydrogen) atoms. The molecule has 0 aliphatic heterocycles. The highest BCUT2D eigenvalue weighted by molar-refractivity contribution is 5.99. The molecule has 5 rings (SSSR count). The van der Waals surface area contributed by atoms with E-state index in [2.05, 4.69) is 42.2 Å². The summed E-state index contributed by atoms with van der Waals surface area (Å²) in [6, 6.07) is 12.8. The third-order valence-corrected chi connectivity index (χ3v) is 12.4. The Hall–Kier alpha value is -9.85. The summed E-state index contributed by atoms with van der Waals surface area (Å²) in [5.41, 5.74) is 8.12. The maximum atomic E-state index is 14.7. The Labute approximate surface area is 455 Å². The summed E-state index contributed by atoms with van der Waals surface area (Å²) in [7, 11) is 0. The molecule has 16 N–H and O–H groups in total. The average molecular weight is 1110 g/mol. The van der Waals surface area contributed by atoms with Crippen LogP contribution in [0.4, 0.5) is 0 Å². The molecule has 0 aliphatic carbocycles. The third-order valence-electron chi connectivity index (χ3n) is 12.4. The number of fused-ring (bicyclic) bond motifs is 1. The number of carboxylic acid groups (broad SMARTS) is 4. The van der Waals surface area contributed by atoms with E-state index >= 15 is 0 Å². The first kappa shape index (κ1) is 61.0. The molecular weight excluding hydrogens is 1050 g/mol. The Morgan fingerprint density at radius 3 is 1.34 bits per heavy atom. The molecule has 0 bridgehead atoms. The van der Waals surface area contributed by atoms with E-state index in [1.54, 1.807) is 60.8 Å². The minimum absolute atomic E-state index is 0.0624. The molecule has 0 unspecified atom stereocenters. The molecular formula is C54H61N9O17. The molecule has 1 aromatic heterocycles. The zero-order valence-electron chi connectivity index (χ0n) is 42.9. The fourth-order valence-electron chi connectivity index (χ4n) is 8.16. The molecule has 26 nitrogen and oxygen atoms in total. The van der Waals surface area contributed by atoms with Gasteiger partial charge in [-0.3, -0.25) is 47.9 Å². The molecule has 4 aromatic carbocycles. The minimum Gasteiger partial charge on any atom is -0.508 e. The standard InChI is InChI=1S/C54H61N9O17/c1-28(47(72)63-43(54(79)80)23-31-13-17-34(65)18-14-31)57-49(74)38(21-29-7-3-2-4-8-29)59-51(76)40(24-32-27-56-37-10-6-5-9-35(32)37)61-53(78)42(26-46(70)71)62-50(75)39(22-30-11-15-33(64)16-12-30)60-52(77)41(25-45(68)69)58-48(73)36(55)19-20-44(66)67/h2-18,27-28,36,38-43,56,64-65H,19-26,55H2,1H3,(H,57,74)(H,58,73)(H,59,76)(H,60,77)(H,61,78)(H,62,75)(H,63,72)(H,66,67)(H,68,69)(H,70,71)(H,79,80)/t28-,36-,38-,39-,40-,41-,42-,43-/m0/s1. The van der Waals surface area contributed by atoms with E-state index in [1.165, 1.54) is 55.5 Å². The van der Waals surface area contributed by atoms with Crippen LogP contribution in [0.3, 0.4) is 0 Å². The minimum atomic E-state index is -2.02. The topological polar surface area (TPSA) is 435 Å². The van der Waals surface area contributed by atoms with Crippen LogP contribution in [0.25, 0.3) is 10.9 Å². The maximum Gasteiger partial charge on any atom is 0.326 e.